The summed E-state index contributed by atoms with van der Waals surface area (Å²) < 4.78 is 11.0. The highest BCUT2D eigenvalue weighted by atomic mass is 16.5. The van der Waals surface area contributed by atoms with E-state index in [1.807, 2.05) is 35.2 Å². The topological polar surface area (TPSA) is 68.5 Å². The van der Waals surface area contributed by atoms with Crippen molar-refractivity contribution in [2.24, 2.45) is 0 Å². The van der Waals surface area contributed by atoms with Crippen molar-refractivity contribution in [2.75, 3.05) is 13.2 Å². The van der Waals surface area contributed by atoms with E-state index in [0.717, 1.165) is 37.8 Å². The van der Waals surface area contributed by atoms with Crippen LogP contribution < -0.4 is 0 Å². The molecule has 1 amide bonds. The lowest BCUT2D eigenvalue weighted by atomic mass is 10.0. The fraction of sp³-hybridized carbons (Fsp3) is 0.526. The molecule has 1 aromatic carbocycles. The van der Waals surface area contributed by atoms with Crippen molar-refractivity contribution in [1.82, 2.24) is 15.0 Å². The molecule has 2 heterocycles. The number of aryl methyl sites for hydroxylation is 1. The molecule has 0 unspecified atom stereocenters. The molecule has 0 radical (unpaired) electrons. The molecule has 6 heteroatoms. The predicted octanol–water partition coefficient (Wildman–Crippen LogP) is 3.43. The molecule has 1 fully saturated rings. The second-order valence-corrected chi connectivity index (χ2v) is 6.42. The van der Waals surface area contributed by atoms with Gasteiger partial charge in [0.1, 0.15) is 6.04 Å². The van der Waals surface area contributed by atoms with E-state index >= 15 is 0 Å². The smallest absolute Gasteiger partial charge is 0.249 e. The molecular weight excluding hydrogens is 318 g/mol. The number of amides is 1. The monoisotopic (exact) mass is 343 g/mol. The van der Waals surface area contributed by atoms with Crippen LogP contribution in [0.1, 0.15) is 55.4 Å². The Kier molecular flexibility index (Phi) is 6.17. The molecule has 0 bridgehead atoms. The summed E-state index contributed by atoms with van der Waals surface area (Å²) >= 11 is 0. The third-order valence-corrected chi connectivity index (χ3v) is 4.44. The second-order valence-electron chi connectivity index (χ2n) is 6.42. The van der Waals surface area contributed by atoms with Gasteiger partial charge in [-0.2, -0.15) is 4.98 Å². The van der Waals surface area contributed by atoms with Crippen LogP contribution in [0.4, 0.5) is 0 Å². The molecule has 1 atom stereocenters. The fourth-order valence-electron chi connectivity index (χ4n) is 3.17. The van der Waals surface area contributed by atoms with Gasteiger partial charge in [-0.05, 0) is 38.2 Å². The van der Waals surface area contributed by atoms with Crippen molar-refractivity contribution in [3.8, 4) is 0 Å². The van der Waals surface area contributed by atoms with E-state index in [4.69, 9.17) is 9.26 Å². The normalized spacial score (nSPS) is 17.6. The number of likely N-dealkylation sites (tertiary alicyclic amines) is 1. The number of hydrogen-bond donors (Lipinski definition) is 0. The van der Waals surface area contributed by atoms with Crippen molar-refractivity contribution in [3.63, 3.8) is 0 Å². The summed E-state index contributed by atoms with van der Waals surface area (Å²) in [5.74, 6) is 1.32. The Balaban J connectivity index is 1.44. The van der Waals surface area contributed by atoms with Crippen LogP contribution in [0, 0.1) is 6.92 Å². The summed E-state index contributed by atoms with van der Waals surface area (Å²) in [6.45, 7) is 3.73. The average Bonchev–Trinajstić information content (AvgIpc) is 3.08. The molecular formula is C19H25N3O3. The van der Waals surface area contributed by atoms with E-state index in [0.29, 0.717) is 31.3 Å². The fourth-order valence-corrected chi connectivity index (χ4v) is 3.17. The third-order valence-electron chi connectivity index (χ3n) is 4.44. The van der Waals surface area contributed by atoms with Crippen molar-refractivity contribution in [2.45, 2.75) is 51.7 Å². The minimum atomic E-state index is -0.0762. The van der Waals surface area contributed by atoms with Gasteiger partial charge in [0.15, 0.2) is 5.82 Å². The van der Waals surface area contributed by atoms with Crippen molar-refractivity contribution < 1.29 is 14.1 Å². The number of nitrogens with zero attached hydrogens (tertiary/aromatic N) is 3. The maximum Gasteiger partial charge on any atom is 0.249 e. The van der Waals surface area contributed by atoms with Crippen molar-refractivity contribution in [3.05, 3.63) is 47.6 Å². The largest absolute Gasteiger partial charge is 0.377 e. The van der Waals surface area contributed by atoms with Crippen LogP contribution in [-0.4, -0.2) is 34.1 Å². The summed E-state index contributed by atoms with van der Waals surface area (Å²) in [5.41, 5.74) is 1.15. The van der Waals surface area contributed by atoms with E-state index in [1.54, 1.807) is 6.92 Å². The first-order valence-corrected chi connectivity index (χ1v) is 8.95. The van der Waals surface area contributed by atoms with Crippen LogP contribution >= 0.6 is 0 Å². The van der Waals surface area contributed by atoms with E-state index in [-0.39, 0.29) is 11.9 Å². The van der Waals surface area contributed by atoms with Gasteiger partial charge in [0.25, 0.3) is 0 Å². The summed E-state index contributed by atoms with van der Waals surface area (Å²) in [4.78, 5) is 18.8. The minimum Gasteiger partial charge on any atom is -0.377 e. The van der Waals surface area contributed by atoms with Crippen LogP contribution in [-0.2, 0) is 16.1 Å². The molecule has 0 N–H and O–H groups in total. The van der Waals surface area contributed by atoms with Gasteiger partial charge in [-0.3, -0.25) is 4.79 Å². The summed E-state index contributed by atoms with van der Waals surface area (Å²) in [5, 5.41) is 3.86. The van der Waals surface area contributed by atoms with Gasteiger partial charge in [0.05, 0.1) is 6.61 Å². The van der Waals surface area contributed by atoms with Gasteiger partial charge in [-0.1, -0.05) is 35.5 Å². The Hall–Kier alpha value is -2.21. The van der Waals surface area contributed by atoms with Gasteiger partial charge in [0, 0.05) is 19.6 Å². The molecule has 134 valence electrons. The first-order valence-electron chi connectivity index (χ1n) is 8.95. The van der Waals surface area contributed by atoms with Gasteiger partial charge < -0.3 is 14.2 Å². The lowest BCUT2D eigenvalue weighted by molar-refractivity contribution is -0.136. The van der Waals surface area contributed by atoms with Gasteiger partial charge in [-0.15, -0.1) is 0 Å². The van der Waals surface area contributed by atoms with Crippen molar-refractivity contribution >= 4 is 5.91 Å². The lowest BCUT2D eigenvalue weighted by Gasteiger charge is -2.33. The third kappa shape index (κ3) is 4.89. The number of carbonyl (C=O) groups is 1. The zero-order valence-corrected chi connectivity index (χ0v) is 14.7. The van der Waals surface area contributed by atoms with E-state index < -0.39 is 0 Å². The maximum atomic E-state index is 12.6. The Morgan fingerprint density at radius 2 is 2.16 bits per heavy atom. The Bertz CT molecular complexity index is 672. The zero-order chi connectivity index (χ0) is 17.5. The van der Waals surface area contributed by atoms with Gasteiger partial charge >= 0.3 is 0 Å². The number of rotatable bonds is 7. The highest BCUT2D eigenvalue weighted by molar-refractivity contribution is 5.76. The number of ether oxygens (including phenoxy) is 1. The van der Waals surface area contributed by atoms with E-state index in [1.165, 1.54) is 0 Å². The van der Waals surface area contributed by atoms with Gasteiger partial charge in [-0.25, -0.2) is 0 Å². The average molecular weight is 343 g/mol. The quantitative estimate of drug-likeness (QED) is 0.721. The molecule has 0 aliphatic carbocycles. The Morgan fingerprint density at radius 3 is 2.92 bits per heavy atom. The molecule has 3 rings (SSSR count). The highest BCUT2D eigenvalue weighted by Gasteiger charge is 2.31. The van der Waals surface area contributed by atoms with Crippen molar-refractivity contribution in [1.29, 1.82) is 0 Å². The van der Waals surface area contributed by atoms with E-state index in [9.17, 15) is 4.79 Å². The lowest BCUT2D eigenvalue weighted by Crippen LogP contribution is -2.38. The summed E-state index contributed by atoms with van der Waals surface area (Å²) in [7, 11) is 0. The molecule has 1 aromatic heterocycles. The molecule has 0 saturated carbocycles. The zero-order valence-electron chi connectivity index (χ0n) is 14.7. The molecule has 1 aliphatic rings. The number of carbonyl (C=O) groups excluding carboxylic acids is 1. The number of aromatic nitrogens is 2. The summed E-state index contributed by atoms with van der Waals surface area (Å²) in [6, 6.07) is 9.98. The first kappa shape index (κ1) is 17.6. The van der Waals surface area contributed by atoms with Crippen LogP contribution in [0.2, 0.25) is 0 Å². The van der Waals surface area contributed by atoms with Gasteiger partial charge in [0.2, 0.25) is 11.8 Å². The highest BCUT2D eigenvalue weighted by Crippen LogP contribution is 2.30. The number of benzene rings is 1. The van der Waals surface area contributed by atoms with Crippen LogP contribution in [0.25, 0.3) is 0 Å². The molecule has 25 heavy (non-hydrogen) atoms. The van der Waals surface area contributed by atoms with E-state index in [2.05, 4.69) is 10.1 Å². The SMILES string of the molecule is Cc1noc([C@H]2CCCCN2C(=O)CCCOCc2ccccc2)n1. The Labute approximate surface area is 148 Å². The molecule has 1 aliphatic heterocycles. The standard InChI is InChI=1S/C19H25N3O3/c1-15-20-19(25-21-15)17-10-5-6-12-22(17)18(23)11-7-13-24-14-16-8-3-2-4-9-16/h2-4,8-9,17H,5-7,10-14H2,1H3/t17-/m1/s1. The molecule has 2 aromatic rings. The maximum absolute atomic E-state index is 12.6. The first-order chi connectivity index (χ1) is 12.2. The molecule has 6 nitrogen and oxygen atoms in total. The summed E-state index contributed by atoms with van der Waals surface area (Å²) in [6.07, 6.45) is 4.20. The van der Waals surface area contributed by atoms with Crippen LogP contribution in [0.5, 0.6) is 0 Å². The molecule has 1 saturated heterocycles. The predicted molar refractivity (Wildman–Crippen MR) is 92.7 cm³/mol. The number of hydrogen-bond acceptors (Lipinski definition) is 5. The Morgan fingerprint density at radius 1 is 1.32 bits per heavy atom. The minimum absolute atomic E-state index is 0.0762. The van der Waals surface area contributed by atoms with Crippen LogP contribution in [0.15, 0.2) is 34.9 Å². The number of piperidine rings is 1. The van der Waals surface area contributed by atoms with Crippen LogP contribution in [0.3, 0.4) is 0 Å². The molecule has 0 spiro atoms. The second kappa shape index (κ2) is 8.76.